The van der Waals surface area contributed by atoms with E-state index in [4.69, 9.17) is 0 Å². The molecule has 2 amide bonds. The molecule has 1 fully saturated rings. The van der Waals surface area contributed by atoms with Gasteiger partial charge in [-0.05, 0) is 43.9 Å². The van der Waals surface area contributed by atoms with E-state index in [1.807, 2.05) is 11.8 Å². The highest BCUT2D eigenvalue weighted by Gasteiger charge is 2.35. The minimum Gasteiger partial charge on any atom is -0.356 e. The van der Waals surface area contributed by atoms with E-state index < -0.39 is 15.8 Å². The van der Waals surface area contributed by atoms with Crippen LogP contribution in [0.2, 0.25) is 0 Å². The molecule has 7 nitrogen and oxygen atoms in total. The molecular formula is C19H25FN4O3S. The van der Waals surface area contributed by atoms with Gasteiger partial charge in [-0.1, -0.05) is 19.1 Å². The molecule has 0 unspecified atom stereocenters. The summed E-state index contributed by atoms with van der Waals surface area (Å²) in [5, 5.41) is 5.74. The average Bonchev–Trinajstić information content (AvgIpc) is 2.90. The number of hydrogen-bond acceptors (Lipinski definition) is 4. The Morgan fingerprint density at radius 2 is 1.89 bits per heavy atom. The molecule has 2 aliphatic rings. The van der Waals surface area contributed by atoms with E-state index in [1.54, 1.807) is 6.92 Å². The Morgan fingerprint density at radius 3 is 2.50 bits per heavy atom. The van der Waals surface area contributed by atoms with Gasteiger partial charge in [0.15, 0.2) is 0 Å². The van der Waals surface area contributed by atoms with Gasteiger partial charge in [-0.3, -0.25) is 0 Å². The predicted molar refractivity (Wildman–Crippen MR) is 107 cm³/mol. The summed E-state index contributed by atoms with van der Waals surface area (Å²) in [4.78, 5) is 13.9. The molecule has 152 valence electrons. The maximum atomic E-state index is 13.2. The molecule has 0 atom stereocenters. The van der Waals surface area contributed by atoms with E-state index >= 15 is 0 Å². The molecule has 3 rings (SSSR count). The fraction of sp³-hybridized carbons (Fsp3) is 0.474. The van der Waals surface area contributed by atoms with Crippen LogP contribution in [0.15, 0.2) is 34.2 Å². The number of amides is 2. The molecule has 0 aromatic heterocycles. The number of likely N-dealkylation sites (tertiary alicyclic amines) is 1. The summed E-state index contributed by atoms with van der Waals surface area (Å²) in [6, 6.07) is 5.27. The number of nitrogens with zero attached hydrogens (tertiary/aromatic N) is 2. The van der Waals surface area contributed by atoms with Gasteiger partial charge in [0.2, 0.25) is 0 Å². The highest BCUT2D eigenvalue weighted by atomic mass is 32.2. The van der Waals surface area contributed by atoms with Gasteiger partial charge in [0.1, 0.15) is 16.6 Å². The predicted octanol–water partition coefficient (Wildman–Crippen LogP) is 2.47. The monoisotopic (exact) mass is 408 g/mol. The topological polar surface area (TPSA) is 90.9 Å². The number of nitrogens with one attached hydrogen (secondary N) is 2. The van der Waals surface area contributed by atoms with Crippen LogP contribution in [0.3, 0.4) is 0 Å². The van der Waals surface area contributed by atoms with Crippen molar-refractivity contribution in [1.82, 2.24) is 15.5 Å². The molecule has 0 aliphatic carbocycles. The van der Waals surface area contributed by atoms with Crippen molar-refractivity contribution >= 4 is 26.8 Å². The van der Waals surface area contributed by atoms with Crippen LogP contribution in [0, 0.1) is 5.82 Å². The second-order valence-electron chi connectivity index (χ2n) is 7.01. The van der Waals surface area contributed by atoms with Crippen LogP contribution in [-0.2, 0) is 10.0 Å². The number of halogens is 1. The molecule has 1 aromatic carbocycles. The molecule has 9 heteroatoms. The minimum atomic E-state index is -3.82. The first kappa shape index (κ1) is 20.3. The van der Waals surface area contributed by atoms with Gasteiger partial charge in [-0.2, -0.15) is 8.42 Å². The summed E-state index contributed by atoms with van der Waals surface area (Å²) in [5.41, 5.74) is 1.00. The summed E-state index contributed by atoms with van der Waals surface area (Å²) >= 11 is 0. The van der Waals surface area contributed by atoms with E-state index in [-0.39, 0.29) is 17.0 Å². The third kappa shape index (κ3) is 4.35. The number of benzene rings is 1. The Kier molecular flexibility index (Phi) is 6.02. The van der Waals surface area contributed by atoms with E-state index in [9.17, 15) is 17.6 Å². The summed E-state index contributed by atoms with van der Waals surface area (Å²) in [6.07, 6.45) is 2.29. The lowest BCUT2D eigenvalue weighted by Gasteiger charge is -2.33. The number of sulfonamides is 1. The van der Waals surface area contributed by atoms with Gasteiger partial charge in [-0.15, -0.1) is 4.40 Å². The van der Waals surface area contributed by atoms with Crippen LogP contribution in [0.5, 0.6) is 0 Å². The largest absolute Gasteiger partial charge is 0.356 e. The number of carbonyl (C=O) groups is 1. The number of hydrogen-bond donors (Lipinski definition) is 2. The van der Waals surface area contributed by atoms with Crippen LogP contribution >= 0.6 is 0 Å². The third-order valence-electron chi connectivity index (χ3n) is 4.91. The molecule has 0 bridgehead atoms. The Morgan fingerprint density at radius 1 is 1.25 bits per heavy atom. The first-order valence-corrected chi connectivity index (χ1v) is 10.9. The standard InChI is InChI=1S/C19H25FN4O3S/c1-3-10-21-19(25)22-16-8-11-24(12-9-16)18-13(2)17(28(26,27)23-18)14-4-6-15(20)7-5-14/h4-7,16H,3,8-12H2,1-2H3,(H2,21,22,25). The molecule has 2 heterocycles. The molecule has 0 spiro atoms. The molecule has 0 radical (unpaired) electrons. The molecule has 28 heavy (non-hydrogen) atoms. The highest BCUT2D eigenvalue weighted by molar-refractivity contribution is 8.00. The van der Waals surface area contributed by atoms with Crippen LogP contribution in [0.25, 0.3) is 4.91 Å². The summed E-state index contributed by atoms with van der Waals surface area (Å²) < 4.78 is 42.3. The number of rotatable bonds is 4. The van der Waals surface area contributed by atoms with E-state index in [2.05, 4.69) is 15.0 Å². The van der Waals surface area contributed by atoms with Crippen molar-refractivity contribution in [3.05, 3.63) is 41.2 Å². The summed E-state index contributed by atoms with van der Waals surface area (Å²) in [5.74, 6) is 0.0179. The Balaban J connectivity index is 1.70. The van der Waals surface area contributed by atoms with Crippen LogP contribution < -0.4 is 10.6 Å². The number of urea groups is 1. The van der Waals surface area contributed by atoms with E-state index in [0.29, 0.717) is 49.4 Å². The van der Waals surface area contributed by atoms with Crippen molar-refractivity contribution in [1.29, 1.82) is 0 Å². The van der Waals surface area contributed by atoms with Gasteiger partial charge in [0.25, 0.3) is 10.0 Å². The summed E-state index contributed by atoms with van der Waals surface area (Å²) in [7, 11) is -3.82. The lowest BCUT2D eigenvalue weighted by Crippen LogP contribution is -2.49. The molecule has 0 saturated carbocycles. The molecule has 1 aromatic rings. The maximum Gasteiger partial charge on any atom is 0.315 e. The van der Waals surface area contributed by atoms with Gasteiger partial charge in [0, 0.05) is 31.2 Å². The molecule has 1 saturated heterocycles. The minimum absolute atomic E-state index is 0.0487. The van der Waals surface area contributed by atoms with Crippen molar-refractivity contribution < 1.29 is 17.6 Å². The normalized spacial score (nSPS) is 19.5. The fourth-order valence-corrected chi connectivity index (χ4v) is 4.98. The zero-order valence-electron chi connectivity index (χ0n) is 16.0. The Labute approximate surface area is 164 Å². The van der Waals surface area contributed by atoms with Crippen molar-refractivity contribution in [3.8, 4) is 0 Å². The van der Waals surface area contributed by atoms with Crippen molar-refractivity contribution in [2.45, 2.75) is 39.2 Å². The quantitative estimate of drug-likeness (QED) is 0.801. The summed E-state index contributed by atoms with van der Waals surface area (Å²) in [6.45, 7) is 5.55. The molecule has 2 N–H and O–H groups in total. The SMILES string of the molecule is CCCNC(=O)NC1CCN(C2=NS(=O)(=O)C(c3ccc(F)cc3)=C2C)CC1. The van der Waals surface area contributed by atoms with E-state index in [1.165, 1.54) is 24.3 Å². The van der Waals surface area contributed by atoms with Crippen molar-refractivity contribution in [2.24, 2.45) is 4.40 Å². The lowest BCUT2D eigenvalue weighted by atomic mass is 10.0. The second-order valence-corrected chi connectivity index (χ2v) is 8.55. The third-order valence-corrected chi connectivity index (χ3v) is 6.38. The van der Waals surface area contributed by atoms with Crippen LogP contribution in [-0.4, -0.2) is 50.9 Å². The maximum absolute atomic E-state index is 13.2. The lowest BCUT2D eigenvalue weighted by molar-refractivity contribution is 0.226. The fourth-order valence-electron chi connectivity index (χ4n) is 3.50. The Hall–Kier alpha value is -2.42. The van der Waals surface area contributed by atoms with Crippen LogP contribution in [0.1, 0.15) is 38.7 Å². The second kappa shape index (κ2) is 8.30. The zero-order chi connectivity index (χ0) is 20.3. The van der Waals surface area contributed by atoms with E-state index in [0.717, 1.165) is 6.42 Å². The number of amidine groups is 1. The van der Waals surface area contributed by atoms with Crippen molar-refractivity contribution in [3.63, 3.8) is 0 Å². The van der Waals surface area contributed by atoms with Gasteiger partial charge in [0.05, 0.1) is 0 Å². The van der Waals surface area contributed by atoms with Crippen LogP contribution in [0.4, 0.5) is 9.18 Å². The van der Waals surface area contributed by atoms with Gasteiger partial charge in [-0.25, -0.2) is 9.18 Å². The average molecular weight is 408 g/mol. The Bertz CT molecular complexity index is 902. The highest BCUT2D eigenvalue weighted by Crippen LogP contribution is 2.34. The van der Waals surface area contributed by atoms with Gasteiger partial charge >= 0.3 is 6.03 Å². The first-order valence-electron chi connectivity index (χ1n) is 9.43. The number of piperidine rings is 1. The molecule has 2 aliphatic heterocycles. The number of carbonyl (C=O) groups excluding carboxylic acids is 1. The first-order chi connectivity index (χ1) is 13.3. The van der Waals surface area contributed by atoms with Crippen molar-refractivity contribution in [2.75, 3.05) is 19.6 Å². The smallest absolute Gasteiger partial charge is 0.315 e. The zero-order valence-corrected chi connectivity index (χ0v) is 16.9. The molecular weight excluding hydrogens is 383 g/mol. The van der Waals surface area contributed by atoms with Gasteiger partial charge < -0.3 is 15.5 Å².